The molecule has 1 saturated carbocycles. The minimum atomic E-state index is -4.43. The summed E-state index contributed by atoms with van der Waals surface area (Å²) in [5, 5.41) is 11.6. The highest BCUT2D eigenvalue weighted by Gasteiger charge is 2.49. The molecule has 130 valence electrons. The third kappa shape index (κ3) is 3.32. The zero-order valence-corrected chi connectivity index (χ0v) is 12.7. The van der Waals surface area contributed by atoms with E-state index in [0.29, 0.717) is 19.4 Å². The van der Waals surface area contributed by atoms with Gasteiger partial charge in [-0.15, -0.1) is 0 Å². The van der Waals surface area contributed by atoms with Gasteiger partial charge in [-0.05, 0) is 25.0 Å². The van der Waals surface area contributed by atoms with Gasteiger partial charge in [0.15, 0.2) is 0 Å². The molecule has 0 aromatic heterocycles. The standard InChI is InChI=1S/C16H17F3N2O3/c17-16(18,19)12-3-1-2-4-13(12)21-6-5-9(8-21)20-14(22)10-7-11(10)15(23)24/h1-4,9-11H,5-8H2,(H,20,22)(H,23,24). The topological polar surface area (TPSA) is 69.6 Å². The Labute approximate surface area is 136 Å². The van der Waals surface area contributed by atoms with Crippen LogP contribution < -0.4 is 10.2 Å². The van der Waals surface area contributed by atoms with Crippen molar-refractivity contribution in [1.82, 2.24) is 5.32 Å². The van der Waals surface area contributed by atoms with Crippen LogP contribution in [0.25, 0.3) is 0 Å². The molecule has 8 heteroatoms. The Morgan fingerprint density at radius 1 is 1.21 bits per heavy atom. The molecule has 3 rings (SSSR count). The lowest BCUT2D eigenvalue weighted by Crippen LogP contribution is -2.38. The third-order valence-electron chi connectivity index (χ3n) is 4.53. The molecule has 1 aliphatic heterocycles. The van der Waals surface area contributed by atoms with E-state index in [9.17, 15) is 22.8 Å². The number of aliphatic carboxylic acids is 1. The zero-order chi connectivity index (χ0) is 17.5. The van der Waals surface area contributed by atoms with Gasteiger partial charge in [-0.1, -0.05) is 12.1 Å². The van der Waals surface area contributed by atoms with Crippen LogP contribution >= 0.6 is 0 Å². The summed E-state index contributed by atoms with van der Waals surface area (Å²) in [5.74, 6) is -2.45. The highest BCUT2D eigenvalue weighted by molar-refractivity contribution is 5.89. The van der Waals surface area contributed by atoms with E-state index in [1.165, 1.54) is 12.1 Å². The maximum Gasteiger partial charge on any atom is 0.418 e. The van der Waals surface area contributed by atoms with Crippen LogP contribution in [0.2, 0.25) is 0 Å². The van der Waals surface area contributed by atoms with Gasteiger partial charge in [-0.25, -0.2) is 0 Å². The normalized spacial score (nSPS) is 26.3. The second kappa shape index (κ2) is 5.99. The molecule has 1 heterocycles. The molecule has 3 unspecified atom stereocenters. The van der Waals surface area contributed by atoms with Crippen LogP contribution in [0.1, 0.15) is 18.4 Å². The van der Waals surface area contributed by atoms with Crippen LogP contribution in [0, 0.1) is 11.8 Å². The Hall–Kier alpha value is -2.25. The smallest absolute Gasteiger partial charge is 0.418 e. The quantitative estimate of drug-likeness (QED) is 0.879. The molecule has 1 aromatic carbocycles. The second-order valence-corrected chi connectivity index (χ2v) is 6.24. The number of para-hydroxylation sites is 1. The molecule has 3 atom stereocenters. The summed E-state index contributed by atoms with van der Waals surface area (Å²) in [4.78, 5) is 24.4. The number of carbonyl (C=O) groups excluding carboxylic acids is 1. The van der Waals surface area contributed by atoms with Gasteiger partial charge in [0, 0.05) is 24.8 Å². The number of hydrogen-bond donors (Lipinski definition) is 2. The number of nitrogens with zero attached hydrogens (tertiary/aromatic N) is 1. The highest BCUT2D eigenvalue weighted by Crippen LogP contribution is 2.39. The predicted molar refractivity (Wildman–Crippen MR) is 79.4 cm³/mol. The van der Waals surface area contributed by atoms with Crippen molar-refractivity contribution < 1.29 is 27.9 Å². The molecule has 1 amide bonds. The number of nitrogens with one attached hydrogen (secondary N) is 1. The first-order valence-corrected chi connectivity index (χ1v) is 7.71. The van der Waals surface area contributed by atoms with Crippen molar-refractivity contribution >= 4 is 17.6 Å². The van der Waals surface area contributed by atoms with Gasteiger partial charge in [0.05, 0.1) is 17.4 Å². The summed E-state index contributed by atoms with van der Waals surface area (Å²) in [6.07, 6.45) is -3.57. The van der Waals surface area contributed by atoms with Crippen molar-refractivity contribution in [2.24, 2.45) is 11.8 Å². The number of rotatable bonds is 4. The van der Waals surface area contributed by atoms with Crippen molar-refractivity contribution in [2.75, 3.05) is 18.0 Å². The van der Waals surface area contributed by atoms with E-state index in [1.54, 1.807) is 11.0 Å². The molecule has 0 bridgehead atoms. The predicted octanol–water partition coefficient (Wildman–Crippen LogP) is 2.12. The molecular weight excluding hydrogens is 325 g/mol. The molecule has 0 spiro atoms. The molecule has 1 aliphatic carbocycles. The van der Waals surface area contributed by atoms with E-state index in [4.69, 9.17) is 5.11 Å². The van der Waals surface area contributed by atoms with Crippen molar-refractivity contribution in [3.63, 3.8) is 0 Å². The maximum absolute atomic E-state index is 13.1. The summed E-state index contributed by atoms with van der Waals surface area (Å²) in [7, 11) is 0. The average molecular weight is 342 g/mol. The minimum Gasteiger partial charge on any atom is -0.481 e. The Kier molecular flexibility index (Phi) is 4.15. The Morgan fingerprint density at radius 2 is 1.92 bits per heavy atom. The lowest BCUT2D eigenvalue weighted by molar-refractivity contribution is -0.140. The van der Waals surface area contributed by atoms with Crippen LogP contribution in [-0.4, -0.2) is 36.1 Å². The number of alkyl halides is 3. The van der Waals surface area contributed by atoms with Crippen LogP contribution in [0.3, 0.4) is 0 Å². The Balaban J connectivity index is 1.62. The number of anilines is 1. The molecule has 1 aromatic rings. The average Bonchev–Trinajstić information content (AvgIpc) is 3.20. The third-order valence-corrected chi connectivity index (χ3v) is 4.53. The van der Waals surface area contributed by atoms with Crippen LogP contribution in [0.15, 0.2) is 24.3 Å². The molecule has 1 saturated heterocycles. The van der Waals surface area contributed by atoms with Gasteiger partial charge in [0.1, 0.15) is 0 Å². The van der Waals surface area contributed by atoms with Gasteiger partial charge in [-0.2, -0.15) is 13.2 Å². The first kappa shape index (κ1) is 16.6. The number of amides is 1. The number of carboxylic acid groups (broad SMARTS) is 1. The van der Waals surface area contributed by atoms with E-state index in [-0.39, 0.29) is 24.2 Å². The Bertz CT molecular complexity index is 662. The van der Waals surface area contributed by atoms with Gasteiger partial charge in [0.2, 0.25) is 5.91 Å². The van der Waals surface area contributed by atoms with E-state index in [0.717, 1.165) is 6.07 Å². The lowest BCUT2D eigenvalue weighted by Gasteiger charge is -2.23. The van der Waals surface area contributed by atoms with E-state index < -0.39 is 29.5 Å². The minimum absolute atomic E-state index is 0.108. The highest BCUT2D eigenvalue weighted by atomic mass is 19.4. The number of benzene rings is 1. The summed E-state index contributed by atoms with van der Waals surface area (Å²) in [6, 6.07) is 5.10. The number of hydrogen-bond acceptors (Lipinski definition) is 3. The monoisotopic (exact) mass is 342 g/mol. The first-order valence-electron chi connectivity index (χ1n) is 7.71. The largest absolute Gasteiger partial charge is 0.481 e. The van der Waals surface area contributed by atoms with E-state index in [1.807, 2.05) is 0 Å². The van der Waals surface area contributed by atoms with Crippen molar-refractivity contribution in [3.05, 3.63) is 29.8 Å². The SMILES string of the molecule is O=C(O)C1CC1C(=O)NC1CCN(c2ccccc2C(F)(F)F)C1. The van der Waals surface area contributed by atoms with Gasteiger partial charge >= 0.3 is 12.1 Å². The van der Waals surface area contributed by atoms with Crippen LogP contribution in [-0.2, 0) is 15.8 Å². The molecule has 2 N–H and O–H groups in total. The zero-order valence-electron chi connectivity index (χ0n) is 12.7. The van der Waals surface area contributed by atoms with Crippen LogP contribution in [0.5, 0.6) is 0 Å². The molecule has 2 fully saturated rings. The van der Waals surface area contributed by atoms with Crippen molar-refractivity contribution in [2.45, 2.75) is 25.1 Å². The molecule has 5 nitrogen and oxygen atoms in total. The first-order chi connectivity index (χ1) is 11.3. The molecular formula is C16H17F3N2O3. The van der Waals surface area contributed by atoms with Crippen molar-refractivity contribution in [3.8, 4) is 0 Å². The number of carbonyl (C=O) groups is 2. The van der Waals surface area contributed by atoms with E-state index in [2.05, 4.69) is 5.32 Å². The second-order valence-electron chi connectivity index (χ2n) is 6.24. The molecule has 2 aliphatic rings. The molecule has 0 radical (unpaired) electrons. The summed E-state index contributed by atoms with van der Waals surface area (Å²) in [5.41, 5.74) is -0.582. The fourth-order valence-corrected chi connectivity index (χ4v) is 3.15. The fraction of sp³-hybridized carbons (Fsp3) is 0.500. The van der Waals surface area contributed by atoms with Crippen LogP contribution in [0.4, 0.5) is 18.9 Å². The van der Waals surface area contributed by atoms with E-state index >= 15 is 0 Å². The number of halogens is 3. The number of carboxylic acids is 1. The molecule has 24 heavy (non-hydrogen) atoms. The van der Waals surface area contributed by atoms with Gasteiger partial charge < -0.3 is 15.3 Å². The lowest BCUT2D eigenvalue weighted by atomic mass is 10.1. The summed E-state index contributed by atoms with van der Waals surface area (Å²) < 4.78 is 39.3. The summed E-state index contributed by atoms with van der Waals surface area (Å²) in [6.45, 7) is 0.689. The van der Waals surface area contributed by atoms with Gasteiger partial charge in [0.25, 0.3) is 0 Å². The van der Waals surface area contributed by atoms with Gasteiger partial charge in [-0.3, -0.25) is 9.59 Å². The summed E-state index contributed by atoms with van der Waals surface area (Å²) >= 11 is 0. The fourth-order valence-electron chi connectivity index (χ4n) is 3.15. The maximum atomic E-state index is 13.1. The van der Waals surface area contributed by atoms with Crippen molar-refractivity contribution in [1.29, 1.82) is 0 Å². The Morgan fingerprint density at radius 3 is 2.54 bits per heavy atom.